The molecule has 0 aliphatic heterocycles. The molecule has 0 radical (unpaired) electrons. The second-order valence-corrected chi connectivity index (χ2v) is 5.18. The highest BCUT2D eigenvalue weighted by atomic mass is 32.1. The van der Waals surface area contributed by atoms with E-state index in [0.717, 1.165) is 5.01 Å². The number of aromatic nitrogens is 2. The van der Waals surface area contributed by atoms with Crippen LogP contribution in [0.2, 0.25) is 0 Å². The van der Waals surface area contributed by atoms with Crippen LogP contribution in [0.5, 0.6) is 0 Å². The van der Waals surface area contributed by atoms with Crippen molar-refractivity contribution in [3.05, 3.63) is 40.0 Å². The van der Waals surface area contributed by atoms with Gasteiger partial charge in [-0.2, -0.15) is 0 Å². The number of nitrogens with one attached hydrogen (secondary N) is 1. The van der Waals surface area contributed by atoms with E-state index in [-0.39, 0.29) is 5.69 Å². The molecule has 2 rings (SSSR count). The molecule has 7 nitrogen and oxygen atoms in total. The molecule has 0 saturated carbocycles. The Hall–Kier alpha value is -2.48. The van der Waals surface area contributed by atoms with Gasteiger partial charge in [0.2, 0.25) is 0 Å². The number of esters is 1. The number of ether oxygens (including phenoxy) is 1. The van der Waals surface area contributed by atoms with Crippen LogP contribution < -0.4 is 5.32 Å². The van der Waals surface area contributed by atoms with Gasteiger partial charge in [-0.1, -0.05) is 6.07 Å². The van der Waals surface area contributed by atoms with Crippen LogP contribution in [0.4, 0.5) is 5.82 Å². The molecule has 116 valence electrons. The number of carboxylic acids is 1. The van der Waals surface area contributed by atoms with Crippen molar-refractivity contribution in [1.82, 2.24) is 9.97 Å². The van der Waals surface area contributed by atoms with Gasteiger partial charge in [-0.05, 0) is 19.1 Å². The van der Waals surface area contributed by atoms with E-state index in [2.05, 4.69) is 15.3 Å². The fraction of sp³-hybridized carbons (Fsp3) is 0.286. The number of aromatic carboxylic acids is 1. The van der Waals surface area contributed by atoms with Crippen LogP contribution in [0.3, 0.4) is 0 Å². The van der Waals surface area contributed by atoms with Gasteiger partial charge >= 0.3 is 11.9 Å². The third-order valence-corrected chi connectivity index (χ3v) is 3.56. The summed E-state index contributed by atoms with van der Waals surface area (Å²) < 4.78 is 4.87. The fourth-order valence-corrected chi connectivity index (χ4v) is 2.44. The van der Waals surface area contributed by atoms with Crippen molar-refractivity contribution in [2.45, 2.75) is 13.3 Å². The molecule has 0 aliphatic rings. The molecule has 0 saturated heterocycles. The summed E-state index contributed by atoms with van der Waals surface area (Å²) in [6, 6.07) is 4.75. The standard InChI is InChI=1S/C14H15N3O4S/c1-2-21-14(20)10-8-22-12(17-10)6-7-15-11-5-3-4-9(16-11)13(18)19/h3-5,8H,2,6-7H2,1H3,(H,15,16)(H,18,19). The zero-order valence-electron chi connectivity index (χ0n) is 11.9. The molecular formula is C14H15N3O4S. The van der Waals surface area contributed by atoms with Gasteiger partial charge in [0.1, 0.15) is 5.82 Å². The molecule has 0 unspecified atom stereocenters. The number of rotatable bonds is 7. The van der Waals surface area contributed by atoms with Crippen LogP contribution in [0.25, 0.3) is 0 Å². The van der Waals surface area contributed by atoms with Crippen molar-refractivity contribution in [3.8, 4) is 0 Å². The van der Waals surface area contributed by atoms with E-state index in [4.69, 9.17) is 9.84 Å². The average molecular weight is 321 g/mol. The van der Waals surface area contributed by atoms with Gasteiger partial charge < -0.3 is 15.2 Å². The first-order chi connectivity index (χ1) is 10.6. The summed E-state index contributed by atoms with van der Waals surface area (Å²) in [5.74, 6) is -1.00. The van der Waals surface area contributed by atoms with Gasteiger partial charge in [0, 0.05) is 18.3 Å². The summed E-state index contributed by atoms with van der Waals surface area (Å²) >= 11 is 1.38. The second kappa shape index (κ2) is 7.51. The Kier molecular flexibility index (Phi) is 5.42. The third kappa shape index (κ3) is 4.26. The average Bonchev–Trinajstić information content (AvgIpc) is 2.97. The van der Waals surface area contributed by atoms with Crippen molar-refractivity contribution in [3.63, 3.8) is 0 Å². The highest BCUT2D eigenvalue weighted by Crippen LogP contribution is 2.12. The molecule has 0 aliphatic carbocycles. The van der Waals surface area contributed by atoms with E-state index in [1.165, 1.54) is 17.4 Å². The molecule has 0 amide bonds. The van der Waals surface area contributed by atoms with Gasteiger partial charge in [0.25, 0.3) is 0 Å². The van der Waals surface area contributed by atoms with Gasteiger partial charge in [-0.25, -0.2) is 19.6 Å². The maximum atomic E-state index is 11.5. The van der Waals surface area contributed by atoms with Crippen molar-refractivity contribution in [1.29, 1.82) is 0 Å². The van der Waals surface area contributed by atoms with Crippen LogP contribution in [0, 0.1) is 0 Å². The monoisotopic (exact) mass is 321 g/mol. The SMILES string of the molecule is CCOC(=O)c1csc(CCNc2cccc(C(=O)O)n2)n1. The van der Waals surface area contributed by atoms with Crippen molar-refractivity contribution in [2.75, 3.05) is 18.5 Å². The fourth-order valence-electron chi connectivity index (χ4n) is 1.67. The number of thiazole rings is 1. The molecule has 22 heavy (non-hydrogen) atoms. The molecule has 0 spiro atoms. The summed E-state index contributed by atoms with van der Waals surface area (Å²) in [5.41, 5.74) is 0.302. The van der Waals surface area contributed by atoms with Crippen molar-refractivity contribution < 1.29 is 19.4 Å². The third-order valence-electron chi connectivity index (χ3n) is 2.65. The molecule has 0 aromatic carbocycles. The van der Waals surface area contributed by atoms with E-state index in [1.54, 1.807) is 24.4 Å². The maximum absolute atomic E-state index is 11.5. The first-order valence-corrected chi connectivity index (χ1v) is 7.54. The minimum absolute atomic E-state index is 0.0103. The molecule has 2 aromatic heterocycles. The Morgan fingerprint density at radius 2 is 2.14 bits per heavy atom. The smallest absolute Gasteiger partial charge is 0.357 e. The summed E-state index contributed by atoms with van der Waals surface area (Å²) in [4.78, 5) is 30.5. The highest BCUT2D eigenvalue weighted by Gasteiger charge is 2.11. The Balaban J connectivity index is 1.87. The van der Waals surface area contributed by atoms with E-state index in [1.807, 2.05) is 0 Å². The predicted molar refractivity (Wildman–Crippen MR) is 81.5 cm³/mol. The first-order valence-electron chi connectivity index (χ1n) is 6.66. The number of pyridine rings is 1. The highest BCUT2D eigenvalue weighted by molar-refractivity contribution is 7.09. The largest absolute Gasteiger partial charge is 0.477 e. The normalized spacial score (nSPS) is 10.2. The molecule has 0 bridgehead atoms. The minimum Gasteiger partial charge on any atom is -0.477 e. The number of anilines is 1. The lowest BCUT2D eigenvalue weighted by molar-refractivity contribution is 0.0519. The summed E-state index contributed by atoms with van der Waals surface area (Å²) in [6.07, 6.45) is 0.600. The van der Waals surface area contributed by atoms with Crippen LogP contribution in [-0.4, -0.2) is 40.2 Å². The number of carboxylic acid groups (broad SMARTS) is 1. The molecule has 2 heterocycles. The van der Waals surface area contributed by atoms with Gasteiger partial charge in [0.05, 0.1) is 11.6 Å². The topological polar surface area (TPSA) is 101 Å². The summed E-state index contributed by atoms with van der Waals surface area (Å²) in [5, 5.41) is 14.4. The summed E-state index contributed by atoms with van der Waals surface area (Å²) in [6.45, 7) is 2.60. The molecule has 2 aromatic rings. The maximum Gasteiger partial charge on any atom is 0.357 e. The van der Waals surface area contributed by atoms with Crippen molar-refractivity contribution in [2.24, 2.45) is 0 Å². The van der Waals surface area contributed by atoms with Crippen LogP contribution in [-0.2, 0) is 11.2 Å². The number of carbonyl (C=O) groups is 2. The minimum atomic E-state index is -1.07. The number of carbonyl (C=O) groups excluding carboxylic acids is 1. The predicted octanol–water partition coefficient (Wildman–Crippen LogP) is 2.07. The van der Waals surface area contributed by atoms with Crippen molar-refractivity contribution >= 4 is 29.1 Å². The van der Waals surface area contributed by atoms with Gasteiger partial charge in [-0.3, -0.25) is 0 Å². The lowest BCUT2D eigenvalue weighted by Crippen LogP contribution is -2.09. The number of nitrogens with zero attached hydrogens (tertiary/aromatic N) is 2. The van der Waals surface area contributed by atoms with Gasteiger partial charge in [0.15, 0.2) is 11.4 Å². The quantitative estimate of drug-likeness (QED) is 0.753. The van der Waals surface area contributed by atoms with Crippen LogP contribution in [0.15, 0.2) is 23.6 Å². The molecule has 8 heteroatoms. The Morgan fingerprint density at radius 3 is 2.86 bits per heavy atom. The molecule has 2 N–H and O–H groups in total. The van der Waals surface area contributed by atoms with Crippen LogP contribution >= 0.6 is 11.3 Å². The zero-order valence-corrected chi connectivity index (χ0v) is 12.7. The van der Waals surface area contributed by atoms with E-state index in [0.29, 0.717) is 31.1 Å². The Morgan fingerprint density at radius 1 is 1.32 bits per heavy atom. The first kappa shape index (κ1) is 15.9. The van der Waals surface area contributed by atoms with E-state index >= 15 is 0 Å². The van der Waals surface area contributed by atoms with E-state index in [9.17, 15) is 9.59 Å². The summed E-state index contributed by atoms with van der Waals surface area (Å²) in [7, 11) is 0. The second-order valence-electron chi connectivity index (χ2n) is 4.24. The van der Waals surface area contributed by atoms with Crippen LogP contribution in [0.1, 0.15) is 32.9 Å². The lowest BCUT2D eigenvalue weighted by Gasteiger charge is -2.04. The molecule has 0 fully saturated rings. The Bertz CT molecular complexity index is 672. The lowest BCUT2D eigenvalue weighted by atomic mass is 10.3. The number of hydrogen-bond donors (Lipinski definition) is 2. The molecule has 0 atom stereocenters. The molecular weight excluding hydrogens is 306 g/mol. The van der Waals surface area contributed by atoms with Gasteiger partial charge in [-0.15, -0.1) is 11.3 Å². The van der Waals surface area contributed by atoms with E-state index < -0.39 is 11.9 Å². The Labute approximate surface area is 131 Å². The zero-order chi connectivity index (χ0) is 15.9. The number of hydrogen-bond acceptors (Lipinski definition) is 7.